The van der Waals surface area contributed by atoms with Gasteiger partial charge in [-0.15, -0.1) is 0 Å². The maximum absolute atomic E-state index is 11.9. The van der Waals surface area contributed by atoms with Crippen LogP contribution < -0.4 is 5.32 Å². The normalized spacial score (nSPS) is 11.6. The summed E-state index contributed by atoms with van der Waals surface area (Å²) in [6, 6.07) is 9.81. The van der Waals surface area contributed by atoms with Crippen molar-refractivity contribution >= 4 is 11.8 Å². The molecule has 0 aliphatic rings. The minimum absolute atomic E-state index is 0.00394. The average molecular weight is 392 g/mol. The predicted molar refractivity (Wildman–Crippen MR) is 122 cm³/mol. The van der Waals surface area contributed by atoms with Crippen molar-refractivity contribution in [1.82, 2.24) is 5.32 Å². The van der Waals surface area contributed by atoms with Gasteiger partial charge < -0.3 is 5.32 Å². The number of hydrogen-bond acceptors (Lipinski definition) is 2. The highest BCUT2D eigenvalue weighted by atomic mass is 16.1. The van der Waals surface area contributed by atoms with Crippen molar-refractivity contribution in [2.45, 2.75) is 58.4 Å². The van der Waals surface area contributed by atoms with Crippen molar-refractivity contribution in [3.8, 4) is 0 Å². The Bertz CT molecular complexity index is 735. The molecular weight excluding hydrogens is 358 g/mol. The van der Waals surface area contributed by atoms with E-state index < -0.39 is 0 Å². The molecule has 1 amide bonds. The molecule has 154 valence electrons. The van der Waals surface area contributed by atoms with Gasteiger partial charge in [-0.3, -0.25) is 4.79 Å². The molecule has 0 atom stereocenters. The fourth-order valence-corrected chi connectivity index (χ4v) is 2.59. The first-order chi connectivity index (χ1) is 14.3. The van der Waals surface area contributed by atoms with E-state index in [4.69, 9.17) is 0 Å². The highest BCUT2D eigenvalue weighted by Gasteiger charge is 2.02. The predicted octanol–water partition coefficient (Wildman–Crippen LogP) is 6.04. The summed E-state index contributed by atoms with van der Waals surface area (Å²) < 4.78 is 0. The summed E-state index contributed by atoms with van der Waals surface area (Å²) in [5, 5.41) is 2.90. The van der Waals surface area contributed by atoms with E-state index in [0.29, 0.717) is 31.4 Å². The number of nitrogens with one attached hydrogen (secondary N) is 1. The molecule has 0 saturated heterocycles. The van der Waals surface area contributed by atoms with Gasteiger partial charge in [0.25, 0.3) is 0 Å². The Balaban J connectivity index is 2.15. The van der Waals surface area contributed by atoms with Crippen LogP contribution in [0.2, 0.25) is 0 Å². The van der Waals surface area contributed by atoms with Crippen LogP contribution in [-0.4, -0.2) is 11.8 Å². The van der Waals surface area contributed by atoms with Crippen molar-refractivity contribution in [3.63, 3.8) is 0 Å². The summed E-state index contributed by atoms with van der Waals surface area (Å²) in [4.78, 5) is 22.9. The standard InChI is InChI=1S/C26H33NO2/c1-2-3-4-5-6-7-8-9-10-11-13-19-25(23-28)20-16-21-26(29)27-22-24-17-14-12-15-18-24/h3-4,6-7,9-10,12-15,17-19H,2,5,8,11,16,20-22H2,1H3,(H,27,29)/b4-3-,7-6-,10-9-,19-13-. The molecule has 0 bridgehead atoms. The summed E-state index contributed by atoms with van der Waals surface area (Å²) in [6.07, 6.45) is 22.0. The second-order valence-electron chi connectivity index (χ2n) is 6.68. The van der Waals surface area contributed by atoms with Gasteiger partial charge in [-0.1, -0.05) is 85.9 Å². The number of carbonyl (C=O) groups excluding carboxylic acids is 2. The average Bonchev–Trinajstić information content (AvgIpc) is 2.75. The lowest BCUT2D eigenvalue weighted by Crippen LogP contribution is -2.22. The molecule has 0 aliphatic heterocycles. The van der Waals surface area contributed by atoms with E-state index in [1.54, 1.807) is 0 Å². The molecule has 3 nitrogen and oxygen atoms in total. The van der Waals surface area contributed by atoms with Crippen LogP contribution >= 0.6 is 0 Å². The molecule has 0 fully saturated rings. The number of hydrogen-bond donors (Lipinski definition) is 1. The van der Waals surface area contributed by atoms with Crippen LogP contribution in [0.15, 0.2) is 84.5 Å². The van der Waals surface area contributed by atoms with E-state index in [2.05, 4.69) is 48.7 Å². The molecular formula is C26H33NO2. The van der Waals surface area contributed by atoms with Crippen molar-refractivity contribution in [3.05, 3.63) is 90.1 Å². The van der Waals surface area contributed by atoms with Gasteiger partial charge in [0, 0.05) is 18.5 Å². The third kappa shape index (κ3) is 13.8. The number of carbonyl (C=O) groups is 1. The first-order valence-corrected chi connectivity index (χ1v) is 10.4. The summed E-state index contributed by atoms with van der Waals surface area (Å²) in [6.45, 7) is 2.67. The molecule has 29 heavy (non-hydrogen) atoms. The topological polar surface area (TPSA) is 46.2 Å². The van der Waals surface area contributed by atoms with Gasteiger partial charge in [0.15, 0.2) is 0 Å². The van der Waals surface area contributed by atoms with E-state index in [0.717, 1.165) is 31.2 Å². The first kappa shape index (κ1) is 24.1. The fourth-order valence-electron chi connectivity index (χ4n) is 2.59. The second-order valence-corrected chi connectivity index (χ2v) is 6.68. The summed E-state index contributed by atoms with van der Waals surface area (Å²) in [5.74, 6) is 1.98. The maximum Gasteiger partial charge on any atom is 0.220 e. The van der Waals surface area contributed by atoms with Crippen molar-refractivity contribution in [2.24, 2.45) is 0 Å². The van der Waals surface area contributed by atoms with Gasteiger partial charge in [-0.25, -0.2) is 4.79 Å². The molecule has 0 heterocycles. The highest BCUT2D eigenvalue weighted by molar-refractivity contribution is 5.75. The Hall–Kier alpha value is -2.90. The molecule has 0 saturated carbocycles. The monoisotopic (exact) mass is 391 g/mol. The first-order valence-electron chi connectivity index (χ1n) is 10.4. The van der Waals surface area contributed by atoms with Crippen LogP contribution in [0, 0.1) is 0 Å². The van der Waals surface area contributed by atoms with Crippen LogP contribution in [-0.2, 0) is 16.1 Å². The lowest BCUT2D eigenvalue weighted by Gasteiger charge is -2.05. The van der Waals surface area contributed by atoms with E-state index in [1.807, 2.05) is 48.4 Å². The van der Waals surface area contributed by atoms with E-state index >= 15 is 0 Å². The minimum atomic E-state index is 0.00394. The largest absolute Gasteiger partial charge is 0.352 e. The fraction of sp³-hybridized carbons (Fsp3) is 0.346. The Morgan fingerprint density at radius 3 is 2.14 bits per heavy atom. The summed E-state index contributed by atoms with van der Waals surface area (Å²) in [5.41, 5.74) is 1.69. The van der Waals surface area contributed by atoms with Crippen molar-refractivity contribution < 1.29 is 9.59 Å². The van der Waals surface area contributed by atoms with E-state index in [-0.39, 0.29) is 5.91 Å². The smallest absolute Gasteiger partial charge is 0.220 e. The molecule has 1 rings (SSSR count). The minimum Gasteiger partial charge on any atom is -0.352 e. The molecule has 0 aromatic heterocycles. The van der Waals surface area contributed by atoms with Crippen LogP contribution in [0.1, 0.15) is 57.4 Å². The maximum atomic E-state index is 11.9. The molecule has 0 radical (unpaired) electrons. The van der Waals surface area contributed by atoms with Gasteiger partial charge in [-0.2, -0.15) is 0 Å². The van der Waals surface area contributed by atoms with Gasteiger partial charge in [-0.05, 0) is 44.1 Å². The Morgan fingerprint density at radius 1 is 0.897 bits per heavy atom. The molecule has 0 unspecified atom stereocenters. The molecule has 1 aromatic rings. The van der Waals surface area contributed by atoms with Crippen LogP contribution in [0.4, 0.5) is 0 Å². The lowest BCUT2D eigenvalue weighted by molar-refractivity contribution is -0.121. The molecule has 0 aliphatic carbocycles. The Labute approximate surface area is 175 Å². The number of benzene rings is 1. The summed E-state index contributed by atoms with van der Waals surface area (Å²) in [7, 11) is 0. The Kier molecular flexibility index (Phi) is 14.3. The summed E-state index contributed by atoms with van der Waals surface area (Å²) >= 11 is 0. The van der Waals surface area contributed by atoms with Gasteiger partial charge in [0.1, 0.15) is 5.94 Å². The van der Waals surface area contributed by atoms with Gasteiger partial charge in [0.05, 0.1) is 0 Å². The van der Waals surface area contributed by atoms with Crippen LogP contribution in [0.25, 0.3) is 0 Å². The lowest BCUT2D eigenvalue weighted by atomic mass is 10.1. The molecule has 1 N–H and O–H groups in total. The van der Waals surface area contributed by atoms with Gasteiger partial charge >= 0.3 is 0 Å². The zero-order valence-corrected chi connectivity index (χ0v) is 17.5. The second kappa shape index (κ2) is 17.2. The third-order valence-electron chi connectivity index (χ3n) is 4.18. The van der Waals surface area contributed by atoms with Crippen molar-refractivity contribution in [2.75, 3.05) is 0 Å². The molecule has 1 aromatic carbocycles. The zero-order chi connectivity index (χ0) is 21.0. The molecule has 3 heteroatoms. The third-order valence-corrected chi connectivity index (χ3v) is 4.18. The zero-order valence-electron chi connectivity index (χ0n) is 17.5. The van der Waals surface area contributed by atoms with E-state index in [1.165, 1.54) is 0 Å². The van der Waals surface area contributed by atoms with Crippen LogP contribution in [0.3, 0.4) is 0 Å². The Morgan fingerprint density at radius 2 is 1.52 bits per heavy atom. The molecule has 0 spiro atoms. The van der Waals surface area contributed by atoms with Crippen LogP contribution in [0.5, 0.6) is 0 Å². The number of rotatable bonds is 14. The number of allylic oxidation sites excluding steroid dienone is 9. The van der Waals surface area contributed by atoms with Crippen molar-refractivity contribution in [1.29, 1.82) is 0 Å². The number of amides is 1. The quantitative estimate of drug-likeness (QED) is 0.239. The highest BCUT2D eigenvalue weighted by Crippen LogP contribution is 2.07. The van der Waals surface area contributed by atoms with Gasteiger partial charge in [0.2, 0.25) is 5.91 Å². The SMILES string of the molecule is CC/C=C\C/C=C\C/C=C\C/C=C\C(=C=O)CCCC(=O)NCc1ccccc1. The van der Waals surface area contributed by atoms with E-state index in [9.17, 15) is 9.59 Å².